The first-order valence-electron chi connectivity index (χ1n) is 5.93. The fourth-order valence-corrected chi connectivity index (χ4v) is 2.43. The van der Waals surface area contributed by atoms with Crippen LogP contribution < -0.4 is 11.1 Å². The summed E-state index contributed by atoms with van der Waals surface area (Å²) in [6, 6.07) is 3.99. The second-order valence-electron chi connectivity index (χ2n) is 4.41. The van der Waals surface area contributed by atoms with Gasteiger partial charge in [-0.05, 0) is 26.3 Å². The lowest BCUT2D eigenvalue weighted by atomic mass is 10.1. The fraction of sp³-hybridized carbons (Fsp3) is 0.385. The van der Waals surface area contributed by atoms with Crippen molar-refractivity contribution in [2.45, 2.75) is 31.8 Å². The smallest absolute Gasteiger partial charge is 0.230 e. The minimum absolute atomic E-state index is 0.0549. The van der Waals surface area contributed by atoms with Gasteiger partial charge in [-0.25, -0.2) is 4.98 Å². The van der Waals surface area contributed by atoms with E-state index in [2.05, 4.69) is 10.3 Å². The molecule has 0 saturated heterocycles. The van der Waals surface area contributed by atoms with Crippen LogP contribution in [-0.2, 0) is 4.79 Å². The average molecular weight is 289 g/mol. The maximum absolute atomic E-state index is 11.6. The Kier molecular flexibility index (Phi) is 5.36. The van der Waals surface area contributed by atoms with Crippen LogP contribution in [0.15, 0.2) is 5.03 Å². The molecule has 0 saturated carbocycles. The number of carbonyl (C=O) groups is 1. The number of amides is 1. The van der Waals surface area contributed by atoms with Gasteiger partial charge in [0.05, 0.1) is 16.9 Å². The van der Waals surface area contributed by atoms with Crippen molar-refractivity contribution < 1.29 is 4.79 Å². The maximum atomic E-state index is 11.6. The number of nitrogens with one attached hydrogen (secondary N) is 1. The van der Waals surface area contributed by atoms with Gasteiger partial charge in [0.25, 0.3) is 0 Å². The van der Waals surface area contributed by atoms with Crippen LogP contribution in [0.2, 0.25) is 0 Å². The molecule has 1 amide bonds. The van der Waals surface area contributed by atoms with Gasteiger partial charge in [-0.3, -0.25) is 4.79 Å². The van der Waals surface area contributed by atoms with Crippen LogP contribution in [0.1, 0.15) is 30.5 Å². The summed E-state index contributed by atoms with van der Waals surface area (Å²) in [5, 5.41) is 21.3. The van der Waals surface area contributed by atoms with Gasteiger partial charge in [-0.15, -0.1) is 0 Å². The Balaban J connectivity index is 3.00. The van der Waals surface area contributed by atoms with E-state index in [0.29, 0.717) is 10.6 Å². The number of carbonyl (C=O) groups excluding carboxylic acids is 1. The van der Waals surface area contributed by atoms with Gasteiger partial charge in [0, 0.05) is 6.04 Å². The number of nitrogen functional groups attached to an aromatic ring is 1. The second-order valence-corrected chi connectivity index (χ2v) is 5.38. The molecule has 0 aliphatic carbocycles. The van der Waals surface area contributed by atoms with Crippen LogP contribution >= 0.6 is 11.8 Å². The summed E-state index contributed by atoms with van der Waals surface area (Å²) in [4.78, 5) is 15.6. The third-order valence-electron chi connectivity index (χ3n) is 2.46. The summed E-state index contributed by atoms with van der Waals surface area (Å²) in [6.45, 7) is 5.38. The van der Waals surface area contributed by atoms with Crippen LogP contribution in [0.4, 0.5) is 5.82 Å². The molecule has 0 aromatic carbocycles. The Morgan fingerprint density at radius 1 is 1.40 bits per heavy atom. The number of nitrogens with zero attached hydrogens (tertiary/aromatic N) is 3. The standard InChI is InChI=1S/C13H15N5OS/c1-7(2)17-11(19)6-20-13-10(5-15)8(3)9(4-14)12(16)18-13/h7H,6H2,1-3H3,(H2,16,18)(H,17,19). The van der Waals surface area contributed by atoms with E-state index in [1.54, 1.807) is 6.92 Å². The minimum Gasteiger partial charge on any atom is -0.383 e. The van der Waals surface area contributed by atoms with E-state index < -0.39 is 0 Å². The predicted octanol–water partition coefficient (Wildman–Crippen LogP) is 1.33. The molecule has 20 heavy (non-hydrogen) atoms. The topological polar surface area (TPSA) is 116 Å². The number of pyridine rings is 1. The number of nitriles is 2. The fourth-order valence-electron chi connectivity index (χ4n) is 1.57. The normalized spacial score (nSPS) is 9.90. The molecule has 1 aromatic heterocycles. The summed E-state index contributed by atoms with van der Waals surface area (Å²) < 4.78 is 0. The molecule has 0 unspecified atom stereocenters. The first-order chi connectivity index (χ1) is 9.40. The molecule has 0 aliphatic heterocycles. The Morgan fingerprint density at radius 2 is 2.00 bits per heavy atom. The lowest BCUT2D eigenvalue weighted by Gasteiger charge is -2.10. The van der Waals surface area contributed by atoms with E-state index in [1.807, 2.05) is 26.0 Å². The molecular formula is C13H15N5OS. The molecule has 0 bridgehead atoms. The first-order valence-corrected chi connectivity index (χ1v) is 6.91. The number of rotatable bonds is 4. The zero-order valence-corrected chi connectivity index (χ0v) is 12.3. The molecule has 1 rings (SSSR count). The van der Waals surface area contributed by atoms with Crippen LogP contribution in [0.25, 0.3) is 0 Å². The number of thioether (sulfide) groups is 1. The van der Waals surface area contributed by atoms with Crippen molar-refractivity contribution in [2.75, 3.05) is 11.5 Å². The highest BCUT2D eigenvalue weighted by Crippen LogP contribution is 2.27. The predicted molar refractivity (Wildman–Crippen MR) is 76.8 cm³/mol. The lowest BCUT2D eigenvalue weighted by Crippen LogP contribution is -2.31. The molecular weight excluding hydrogens is 274 g/mol. The van der Waals surface area contributed by atoms with E-state index in [0.717, 1.165) is 11.8 Å². The van der Waals surface area contributed by atoms with Gasteiger partial charge in [0.15, 0.2) is 0 Å². The summed E-state index contributed by atoms with van der Waals surface area (Å²) in [5.74, 6) is 0.0806. The summed E-state index contributed by atoms with van der Waals surface area (Å²) in [6.07, 6.45) is 0. The molecule has 1 aromatic rings. The third-order valence-corrected chi connectivity index (χ3v) is 3.43. The zero-order chi connectivity index (χ0) is 15.3. The van der Waals surface area contributed by atoms with Gasteiger partial charge in [0.2, 0.25) is 5.91 Å². The van der Waals surface area contributed by atoms with E-state index in [-0.39, 0.29) is 34.6 Å². The van der Waals surface area contributed by atoms with Gasteiger partial charge >= 0.3 is 0 Å². The maximum Gasteiger partial charge on any atom is 0.230 e. The molecule has 104 valence electrons. The van der Waals surface area contributed by atoms with E-state index in [1.165, 1.54) is 0 Å². The number of aromatic nitrogens is 1. The van der Waals surface area contributed by atoms with Crippen LogP contribution in [-0.4, -0.2) is 22.7 Å². The summed E-state index contributed by atoms with van der Waals surface area (Å²) >= 11 is 1.13. The Morgan fingerprint density at radius 3 is 2.50 bits per heavy atom. The SMILES string of the molecule is Cc1c(C#N)c(N)nc(SCC(=O)NC(C)C)c1C#N. The van der Waals surface area contributed by atoms with Gasteiger partial charge < -0.3 is 11.1 Å². The largest absolute Gasteiger partial charge is 0.383 e. The molecule has 6 nitrogen and oxygen atoms in total. The monoisotopic (exact) mass is 289 g/mol. The average Bonchev–Trinajstić information content (AvgIpc) is 2.35. The van der Waals surface area contributed by atoms with E-state index >= 15 is 0 Å². The number of anilines is 1. The van der Waals surface area contributed by atoms with Gasteiger partial charge in [-0.1, -0.05) is 11.8 Å². The summed E-state index contributed by atoms with van der Waals surface area (Å²) in [5.41, 5.74) is 6.68. The second kappa shape index (κ2) is 6.78. The molecule has 0 aliphatic rings. The van der Waals surface area contributed by atoms with Gasteiger partial charge in [0.1, 0.15) is 23.0 Å². The molecule has 0 atom stereocenters. The molecule has 0 spiro atoms. The first kappa shape index (κ1) is 15.8. The quantitative estimate of drug-likeness (QED) is 0.808. The van der Waals surface area contributed by atoms with Crippen LogP contribution in [0, 0.1) is 29.6 Å². The van der Waals surface area contributed by atoms with Crippen molar-refractivity contribution in [3.05, 3.63) is 16.7 Å². The summed E-state index contributed by atoms with van der Waals surface area (Å²) in [7, 11) is 0. The Labute approximate surface area is 122 Å². The highest BCUT2D eigenvalue weighted by Gasteiger charge is 2.16. The third kappa shape index (κ3) is 3.62. The Bertz CT molecular complexity index is 613. The van der Waals surface area contributed by atoms with Crippen molar-refractivity contribution >= 4 is 23.5 Å². The number of hydrogen-bond acceptors (Lipinski definition) is 6. The van der Waals surface area contributed by atoms with Crippen molar-refractivity contribution in [1.82, 2.24) is 10.3 Å². The lowest BCUT2D eigenvalue weighted by molar-refractivity contribution is -0.119. The molecule has 3 N–H and O–H groups in total. The number of hydrogen-bond donors (Lipinski definition) is 2. The number of nitrogens with two attached hydrogens (primary N) is 1. The molecule has 1 heterocycles. The van der Waals surface area contributed by atoms with Crippen molar-refractivity contribution in [1.29, 1.82) is 10.5 Å². The van der Waals surface area contributed by atoms with Crippen molar-refractivity contribution in [3.8, 4) is 12.1 Å². The van der Waals surface area contributed by atoms with Crippen LogP contribution in [0.5, 0.6) is 0 Å². The minimum atomic E-state index is -0.142. The van der Waals surface area contributed by atoms with Gasteiger partial charge in [-0.2, -0.15) is 10.5 Å². The van der Waals surface area contributed by atoms with Crippen molar-refractivity contribution in [3.63, 3.8) is 0 Å². The Hall–Kier alpha value is -2.25. The zero-order valence-electron chi connectivity index (χ0n) is 11.5. The molecule has 0 fully saturated rings. The van der Waals surface area contributed by atoms with Crippen molar-refractivity contribution in [2.24, 2.45) is 0 Å². The van der Waals surface area contributed by atoms with E-state index in [4.69, 9.17) is 16.3 Å². The molecule has 7 heteroatoms. The molecule has 0 radical (unpaired) electrons. The highest BCUT2D eigenvalue weighted by atomic mass is 32.2. The highest BCUT2D eigenvalue weighted by molar-refractivity contribution is 8.00. The van der Waals surface area contributed by atoms with E-state index in [9.17, 15) is 4.79 Å². The van der Waals surface area contributed by atoms with Crippen LogP contribution in [0.3, 0.4) is 0 Å².